The van der Waals surface area contributed by atoms with Crippen LogP contribution in [-0.2, 0) is 0 Å². The number of hydrogen-bond donors (Lipinski definition) is 1. The van der Waals surface area contributed by atoms with E-state index < -0.39 is 0 Å². The Morgan fingerprint density at radius 3 is 2.35 bits per heavy atom. The molecule has 0 aromatic heterocycles. The summed E-state index contributed by atoms with van der Waals surface area (Å²) in [4.78, 5) is 2.65. The highest BCUT2D eigenvalue weighted by Gasteiger charge is 2.44. The van der Waals surface area contributed by atoms with E-state index >= 15 is 0 Å². The van der Waals surface area contributed by atoms with Crippen LogP contribution in [0.25, 0.3) is 0 Å². The molecule has 2 N–H and O–H groups in total. The van der Waals surface area contributed by atoms with Gasteiger partial charge in [-0.2, -0.15) is 11.8 Å². The fourth-order valence-corrected chi connectivity index (χ4v) is 4.80. The predicted molar refractivity (Wildman–Crippen MR) is 79.6 cm³/mol. The van der Waals surface area contributed by atoms with E-state index in [1.807, 2.05) is 0 Å². The van der Waals surface area contributed by atoms with Crippen LogP contribution in [0.15, 0.2) is 0 Å². The molecule has 0 saturated carbocycles. The van der Waals surface area contributed by atoms with Crippen LogP contribution in [0, 0.1) is 5.41 Å². The minimum absolute atomic E-state index is 0.219. The van der Waals surface area contributed by atoms with Crippen LogP contribution in [0.2, 0.25) is 0 Å². The van der Waals surface area contributed by atoms with Crippen molar-refractivity contribution in [3.8, 4) is 0 Å². The molecular weight excluding hydrogens is 228 g/mol. The van der Waals surface area contributed by atoms with Gasteiger partial charge in [0.05, 0.1) is 0 Å². The zero-order chi connectivity index (χ0) is 13.1. The molecule has 1 rings (SSSR count). The standard InChI is InChI=1S/C14H30N2S/c1-6-12(3)16(7-2)14(9-15)8-13(4,5)10-17-11-14/h12H,6-11,15H2,1-5H3. The number of likely N-dealkylation sites (N-methyl/N-ethyl adjacent to an activating group) is 1. The lowest BCUT2D eigenvalue weighted by Crippen LogP contribution is -2.62. The normalized spacial score (nSPS) is 30.5. The fourth-order valence-electron chi connectivity index (χ4n) is 3.28. The van der Waals surface area contributed by atoms with Gasteiger partial charge in [0.25, 0.3) is 0 Å². The maximum atomic E-state index is 6.17. The first-order valence-corrected chi connectivity index (χ1v) is 8.11. The molecule has 0 amide bonds. The highest BCUT2D eigenvalue weighted by Crippen LogP contribution is 2.42. The lowest BCUT2D eigenvalue weighted by atomic mass is 9.78. The Hall–Kier alpha value is 0.270. The van der Waals surface area contributed by atoms with Gasteiger partial charge in [-0.25, -0.2) is 0 Å². The second-order valence-corrected chi connectivity index (χ2v) is 7.29. The topological polar surface area (TPSA) is 29.3 Å². The second-order valence-electron chi connectivity index (χ2n) is 6.31. The number of thioether (sulfide) groups is 1. The lowest BCUT2D eigenvalue weighted by Gasteiger charge is -2.52. The monoisotopic (exact) mass is 258 g/mol. The average molecular weight is 258 g/mol. The molecule has 17 heavy (non-hydrogen) atoms. The first kappa shape index (κ1) is 15.3. The molecule has 1 aliphatic heterocycles. The fraction of sp³-hybridized carbons (Fsp3) is 1.00. The molecule has 2 nitrogen and oxygen atoms in total. The Morgan fingerprint density at radius 2 is 1.94 bits per heavy atom. The maximum absolute atomic E-state index is 6.17. The summed E-state index contributed by atoms with van der Waals surface area (Å²) in [5.74, 6) is 2.47. The summed E-state index contributed by atoms with van der Waals surface area (Å²) in [5, 5.41) is 0. The molecule has 3 heteroatoms. The number of nitrogens with zero attached hydrogens (tertiary/aromatic N) is 1. The Kier molecular flexibility index (Phi) is 5.36. The summed E-state index contributed by atoms with van der Waals surface area (Å²) in [6.45, 7) is 13.6. The molecule has 0 radical (unpaired) electrons. The third-order valence-electron chi connectivity index (χ3n) is 4.12. The van der Waals surface area contributed by atoms with Crippen molar-refractivity contribution in [2.24, 2.45) is 11.1 Å². The van der Waals surface area contributed by atoms with Gasteiger partial charge in [0.1, 0.15) is 0 Å². The van der Waals surface area contributed by atoms with E-state index in [0.717, 1.165) is 13.1 Å². The molecule has 102 valence electrons. The Morgan fingerprint density at radius 1 is 1.29 bits per heavy atom. The van der Waals surface area contributed by atoms with Crippen LogP contribution < -0.4 is 5.73 Å². The quantitative estimate of drug-likeness (QED) is 0.822. The van der Waals surface area contributed by atoms with Gasteiger partial charge in [0.2, 0.25) is 0 Å². The highest BCUT2D eigenvalue weighted by molar-refractivity contribution is 7.99. The summed E-state index contributed by atoms with van der Waals surface area (Å²) in [6.07, 6.45) is 2.45. The highest BCUT2D eigenvalue weighted by atomic mass is 32.2. The first-order chi connectivity index (χ1) is 7.90. The van der Waals surface area contributed by atoms with E-state index in [2.05, 4.69) is 51.3 Å². The SMILES string of the molecule is CCC(C)N(CC)C1(CN)CSCC(C)(C)C1. The number of hydrogen-bond acceptors (Lipinski definition) is 3. The molecule has 0 aromatic carbocycles. The number of nitrogens with two attached hydrogens (primary N) is 1. The van der Waals surface area contributed by atoms with Gasteiger partial charge in [0, 0.05) is 23.9 Å². The minimum Gasteiger partial charge on any atom is -0.329 e. The Labute approximate surface area is 112 Å². The van der Waals surface area contributed by atoms with Gasteiger partial charge in [-0.05, 0) is 37.5 Å². The van der Waals surface area contributed by atoms with Crippen molar-refractivity contribution in [1.82, 2.24) is 4.90 Å². The number of rotatable bonds is 5. The average Bonchev–Trinajstić information content (AvgIpc) is 2.28. The maximum Gasteiger partial charge on any atom is 0.0429 e. The molecule has 1 aliphatic rings. The van der Waals surface area contributed by atoms with Crippen molar-refractivity contribution in [1.29, 1.82) is 0 Å². The summed E-state index contributed by atoms with van der Waals surface area (Å²) in [6, 6.07) is 0.637. The van der Waals surface area contributed by atoms with Gasteiger partial charge >= 0.3 is 0 Å². The minimum atomic E-state index is 0.219. The predicted octanol–water partition coefficient (Wildman–Crippen LogP) is 2.97. The van der Waals surface area contributed by atoms with Crippen LogP contribution in [0.1, 0.15) is 47.5 Å². The molecule has 1 saturated heterocycles. The van der Waals surface area contributed by atoms with E-state index in [1.165, 1.54) is 24.3 Å². The van der Waals surface area contributed by atoms with Crippen LogP contribution in [0.4, 0.5) is 0 Å². The van der Waals surface area contributed by atoms with Crippen LogP contribution >= 0.6 is 11.8 Å². The smallest absolute Gasteiger partial charge is 0.0429 e. The van der Waals surface area contributed by atoms with Crippen LogP contribution in [-0.4, -0.2) is 41.1 Å². The van der Waals surface area contributed by atoms with E-state index in [1.54, 1.807) is 0 Å². The van der Waals surface area contributed by atoms with E-state index in [9.17, 15) is 0 Å². The molecular formula is C14H30N2S. The first-order valence-electron chi connectivity index (χ1n) is 6.95. The van der Waals surface area contributed by atoms with Crippen LogP contribution in [0.5, 0.6) is 0 Å². The van der Waals surface area contributed by atoms with Gasteiger partial charge < -0.3 is 5.73 Å². The lowest BCUT2D eigenvalue weighted by molar-refractivity contribution is 0.0392. The molecule has 1 fully saturated rings. The molecule has 0 spiro atoms. The van der Waals surface area contributed by atoms with Crippen molar-refractivity contribution >= 4 is 11.8 Å². The van der Waals surface area contributed by atoms with Gasteiger partial charge in [-0.1, -0.05) is 27.7 Å². The molecule has 0 aliphatic carbocycles. The van der Waals surface area contributed by atoms with Gasteiger partial charge in [0.15, 0.2) is 0 Å². The third-order valence-corrected chi connectivity index (χ3v) is 5.85. The van der Waals surface area contributed by atoms with E-state index in [4.69, 9.17) is 5.73 Å². The summed E-state index contributed by atoms with van der Waals surface area (Å²) >= 11 is 2.08. The van der Waals surface area contributed by atoms with Crippen molar-refractivity contribution in [2.45, 2.75) is 59.0 Å². The molecule has 2 unspecified atom stereocenters. The molecule has 1 heterocycles. The Bertz CT molecular complexity index is 242. The Balaban J connectivity index is 2.92. The largest absolute Gasteiger partial charge is 0.329 e. The summed E-state index contributed by atoms with van der Waals surface area (Å²) in [5.41, 5.74) is 6.81. The van der Waals surface area contributed by atoms with Crippen molar-refractivity contribution in [2.75, 3.05) is 24.6 Å². The van der Waals surface area contributed by atoms with E-state index in [-0.39, 0.29) is 5.54 Å². The summed E-state index contributed by atoms with van der Waals surface area (Å²) < 4.78 is 0. The second kappa shape index (κ2) is 5.94. The molecule has 0 bridgehead atoms. The zero-order valence-corrected chi connectivity index (χ0v) is 13.1. The summed E-state index contributed by atoms with van der Waals surface area (Å²) in [7, 11) is 0. The van der Waals surface area contributed by atoms with E-state index in [0.29, 0.717) is 11.5 Å². The third kappa shape index (κ3) is 3.39. The molecule has 0 aromatic rings. The van der Waals surface area contributed by atoms with Crippen molar-refractivity contribution in [3.63, 3.8) is 0 Å². The van der Waals surface area contributed by atoms with Crippen molar-refractivity contribution < 1.29 is 0 Å². The van der Waals surface area contributed by atoms with Gasteiger partial charge in [-0.15, -0.1) is 0 Å². The van der Waals surface area contributed by atoms with Crippen LogP contribution in [0.3, 0.4) is 0 Å². The van der Waals surface area contributed by atoms with Gasteiger partial charge in [-0.3, -0.25) is 4.90 Å². The molecule has 2 atom stereocenters. The van der Waals surface area contributed by atoms with Crippen molar-refractivity contribution in [3.05, 3.63) is 0 Å². The zero-order valence-electron chi connectivity index (χ0n) is 12.3.